The summed E-state index contributed by atoms with van der Waals surface area (Å²) in [5, 5.41) is 12.5. The number of carbonyl (C=O) groups excluding carboxylic acids is 2. The molecule has 0 atom stereocenters. The first kappa shape index (κ1) is 24.8. The maximum atomic E-state index is 13.4. The van der Waals surface area contributed by atoms with Crippen molar-refractivity contribution in [2.75, 3.05) is 24.9 Å². The van der Waals surface area contributed by atoms with Gasteiger partial charge in [-0.05, 0) is 37.8 Å². The summed E-state index contributed by atoms with van der Waals surface area (Å²) in [6.07, 6.45) is 3.95. The molecule has 11 nitrogen and oxygen atoms in total. The molecule has 3 aromatic rings. The van der Waals surface area contributed by atoms with E-state index in [1.165, 1.54) is 32.5 Å². The van der Waals surface area contributed by atoms with E-state index in [1.807, 2.05) is 0 Å². The van der Waals surface area contributed by atoms with Crippen molar-refractivity contribution in [1.29, 1.82) is 0 Å². The lowest BCUT2D eigenvalue weighted by Gasteiger charge is -2.27. The number of anilines is 3. The molecule has 0 saturated heterocycles. The number of esters is 1. The van der Waals surface area contributed by atoms with Crippen LogP contribution in [0.25, 0.3) is 0 Å². The lowest BCUT2D eigenvalue weighted by Crippen LogP contribution is -2.28. The first-order valence-corrected chi connectivity index (χ1v) is 11.0. The predicted molar refractivity (Wildman–Crippen MR) is 121 cm³/mol. The summed E-state index contributed by atoms with van der Waals surface area (Å²) in [5.41, 5.74) is 0.391. The third kappa shape index (κ3) is 5.85. The van der Waals surface area contributed by atoms with Crippen LogP contribution in [0.15, 0.2) is 34.9 Å². The molecular weight excluding hydrogens is 480 g/mol. The number of hydrogen-bond acceptors (Lipinski definition) is 10. The van der Waals surface area contributed by atoms with Crippen molar-refractivity contribution < 1.29 is 37.0 Å². The Morgan fingerprint density at radius 1 is 1.06 bits per heavy atom. The van der Waals surface area contributed by atoms with Crippen LogP contribution in [0.3, 0.4) is 0 Å². The average Bonchev–Trinajstić information content (AvgIpc) is 3.35. The molecule has 36 heavy (non-hydrogen) atoms. The van der Waals surface area contributed by atoms with E-state index in [4.69, 9.17) is 18.6 Å². The van der Waals surface area contributed by atoms with Crippen LogP contribution in [0.2, 0.25) is 0 Å². The Hall–Kier alpha value is -4.29. The van der Waals surface area contributed by atoms with Crippen molar-refractivity contribution in [3.63, 3.8) is 0 Å². The van der Waals surface area contributed by atoms with Gasteiger partial charge in [0.25, 0.3) is 0 Å². The predicted octanol–water partition coefficient (Wildman–Crippen LogP) is 3.86. The van der Waals surface area contributed by atoms with Crippen LogP contribution in [-0.2, 0) is 9.53 Å². The summed E-state index contributed by atoms with van der Waals surface area (Å²) in [6, 6.07) is 4.45. The van der Waals surface area contributed by atoms with Gasteiger partial charge < -0.3 is 29.3 Å². The van der Waals surface area contributed by atoms with Crippen molar-refractivity contribution in [1.82, 2.24) is 15.2 Å². The molecule has 2 heterocycles. The molecule has 1 aliphatic carbocycles. The monoisotopic (exact) mass is 503 g/mol. The van der Waals surface area contributed by atoms with E-state index < -0.39 is 17.5 Å². The lowest BCUT2D eigenvalue weighted by molar-refractivity contribution is -0.147. The Morgan fingerprint density at radius 2 is 1.83 bits per heavy atom. The van der Waals surface area contributed by atoms with Gasteiger partial charge in [0, 0.05) is 17.8 Å². The number of pyridine rings is 1. The number of methoxy groups -OCH3 is 2. The quantitative estimate of drug-likeness (QED) is 0.436. The highest BCUT2D eigenvalue weighted by atomic mass is 19.2. The van der Waals surface area contributed by atoms with Crippen molar-refractivity contribution in [2.24, 2.45) is 5.92 Å². The van der Waals surface area contributed by atoms with E-state index in [9.17, 15) is 18.4 Å². The number of ether oxygens (including phenoxy) is 3. The SMILES string of the molecule is COc1cc(O[C@H]2CC[C@@H](C(=O)OC)CC2)ncc1NC(=O)c1nnc(Nc2ccc(F)c(F)c2)o1. The zero-order valence-electron chi connectivity index (χ0n) is 19.4. The molecule has 0 bridgehead atoms. The number of nitrogens with zero attached hydrogens (tertiary/aromatic N) is 3. The molecule has 1 aromatic carbocycles. The molecule has 1 saturated carbocycles. The molecule has 0 unspecified atom stereocenters. The summed E-state index contributed by atoms with van der Waals surface area (Å²) in [5.74, 6) is -2.91. The van der Waals surface area contributed by atoms with E-state index >= 15 is 0 Å². The van der Waals surface area contributed by atoms with Gasteiger partial charge in [-0.15, -0.1) is 5.10 Å². The number of aromatic nitrogens is 3. The van der Waals surface area contributed by atoms with Gasteiger partial charge in [-0.1, -0.05) is 5.10 Å². The van der Waals surface area contributed by atoms with Gasteiger partial charge in [-0.25, -0.2) is 13.8 Å². The second-order valence-corrected chi connectivity index (χ2v) is 7.96. The molecule has 13 heteroatoms. The molecule has 190 valence electrons. The molecular formula is C23H23F2N5O6. The normalized spacial score (nSPS) is 17.2. The minimum Gasteiger partial charge on any atom is -0.494 e. The van der Waals surface area contributed by atoms with Crippen LogP contribution in [0, 0.1) is 17.6 Å². The van der Waals surface area contributed by atoms with E-state index in [0.717, 1.165) is 12.1 Å². The van der Waals surface area contributed by atoms with Crippen molar-refractivity contribution in [3.8, 4) is 11.6 Å². The first-order chi connectivity index (χ1) is 17.4. The lowest BCUT2D eigenvalue weighted by atomic mass is 9.87. The third-order valence-corrected chi connectivity index (χ3v) is 5.60. The number of halogens is 2. The van der Waals surface area contributed by atoms with E-state index in [1.54, 1.807) is 0 Å². The molecule has 0 spiro atoms. The van der Waals surface area contributed by atoms with Gasteiger partial charge in [-0.2, -0.15) is 0 Å². The average molecular weight is 503 g/mol. The fourth-order valence-electron chi connectivity index (χ4n) is 3.74. The first-order valence-electron chi connectivity index (χ1n) is 11.0. The number of hydrogen-bond donors (Lipinski definition) is 2. The van der Waals surface area contributed by atoms with Crippen molar-refractivity contribution >= 4 is 29.3 Å². The molecule has 0 radical (unpaired) electrons. The van der Waals surface area contributed by atoms with E-state index in [-0.39, 0.29) is 47.0 Å². The molecule has 1 amide bonds. The van der Waals surface area contributed by atoms with Crippen LogP contribution in [0.5, 0.6) is 11.6 Å². The van der Waals surface area contributed by atoms with E-state index in [2.05, 4.69) is 25.8 Å². The fraction of sp³-hybridized carbons (Fsp3) is 0.348. The third-order valence-electron chi connectivity index (χ3n) is 5.60. The van der Waals surface area contributed by atoms with Gasteiger partial charge >= 0.3 is 23.8 Å². The molecule has 1 fully saturated rings. The zero-order chi connectivity index (χ0) is 25.7. The minimum atomic E-state index is -1.06. The summed E-state index contributed by atoms with van der Waals surface area (Å²) in [4.78, 5) is 28.5. The largest absolute Gasteiger partial charge is 0.494 e. The maximum absolute atomic E-state index is 13.4. The van der Waals surface area contributed by atoms with Gasteiger partial charge in [0.05, 0.1) is 26.3 Å². The van der Waals surface area contributed by atoms with E-state index in [0.29, 0.717) is 31.6 Å². The van der Waals surface area contributed by atoms with Crippen molar-refractivity contribution in [3.05, 3.63) is 48.0 Å². The molecule has 2 aromatic heterocycles. The standard InChI is InChI=1S/C23H23F2N5O6/c1-33-18-10-19(35-14-6-3-12(4-7-14)22(32)34-2)26-11-17(18)28-20(31)21-29-30-23(36-21)27-13-5-8-15(24)16(25)9-13/h5,8-12,14H,3-4,6-7H2,1-2H3,(H,27,30)(H,28,31)/t12-,14+. The highest BCUT2D eigenvalue weighted by Gasteiger charge is 2.28. The topological polar surface area (TPSA) is 138 Å². The fourth-order valence-corrected chi connectivity index (χ4v) is 3.74. The highest BCUT2D eigenvalue weighted by molar-refractivity contribution is 6.01. The second-order valence-electron chi connectivity index (χ2n) is 7.96. The second kappa shape index (κ2) is 11.0. The number of carbonyl (C=O) groups is 2. The molecule has 4 rings (SSSR count). The van der Waals surface area contributed by atoms with Gasteiger partial charge in [0.15, 0.2) is 11.6 Å². The number of amides is 1. The zero-order valence-corrected chi connectivity index (χ0v) is 19.4. The van der Waals surface area contributed by atoms with Gasteiger partial charge in [0.1, 0.15) is 17.5 Å². The number of nitrogens with one attached hydrogen (secondary N) is 2. The van der Waals surface area contributed by atoms with Crippen molar-refractivity contribution in [2.45, 2.75) is 31.8 Å². The summed E-state index contributed by atoms with van der Waals surface area (Å²) in [6.45, 7) is 0. The number of rotatable bonds is 8. The molecule has 0 aliphatic heterocycles. The Kier molecular flexibility index (Phi) is 7.56. The summed E-state index contributed by atoms with van der Waals surface area (Å²) < 4.78 is 47.7. The Balaban J connectivity index is 1.36. The Labute approximate surface area is 204 Å². The smallest absolute Gasteiger partial charge is 0.320 e. The van der Waals surface area contributed by atoms with Gasteiger partial charge in [0.2, 0.25) is 5.88 Å². The van der Waals surface area contributed by atoms with Crippen LogP contribution in [0.1, 0.15) is 36.4 Å². The minimum absolute atomic E-state index is 0.109. The summed E-state index contributed by atoms with van der Waals surface area (Å²) >= 11 is 0. The molecule has 2 N–H and O–H groups in total. The van der Waals surface area contributed by atoms with Gasteiger partial charge in [-0.3, -0.25) is 9.59 Å². The molecule has 1 aliphatic rings. The Bertz CT molecular complexity index is 1250. The highest BCUT2D eigenvalue weighted by Crippen LogP contribution is 2.31. The Morgan fingerprint density at radius 3 is 2.53 bits per heavy atom. The van der Waals surface area contributed by atoms with Crippen LogP contribution in [-0.4, -0.2) is 47.4 Å². The van der Waals surface area contributed by atoms with Crippen LogP contribution in [0.4, 0.5) is 26.2 Å². The van der Waals surface area contributed by atoms with Crippen LogP contribution >= 0.6 is 0 Å². The number of benzene rings is 1. The van der Waals surface area contributed by atoms with Crippen LogP contribution < -0.4 is 20.1 Å². The summed E-state index contributed by atoms with van der Waals surface area (Å²) in [7, 11) is 2.80. The maximum Gasteiger partial charge on any atom is 0.320 e.